The molecule has 0 N–H and O–H groups in total. The van der Waals surface area contributed by atoms with Gasteiger partial charge in [0.1, 0.15) is 11.3 Å². The number of rotatable bonds is 6. The molecular formula is C24H24N2O6. The lowest BCUT2D eigenvalue weighted by molar-refractivity contribution is 0.0599. The van der Waals surface area contributed by atoms with Crippen molar-refractivity contribution in [1.82, 2.24) is 9.80 Å². The van der Waals surface area contributed by atoms with E-state index >= 15 is 0 Å². The van der Waals surface area contributed by atoms with Gasteiger partial charge in [0.2, 0.25) is 5.76 Å². The molecule has 4 rings (SSSR count). The van der Waals surface area contributed by atoms with Gasteiger partial charge in [-0.2, -0.15) is 0 Å². The first-order chi connectivity index (χ1) is 15.3. The van der Waals surface area contributed by atoms with E-state index in [0.717, 1.165) is 0 Å². The van der Waals surface area contributed by atoms with Crippen LogP contribution in [0.3, 0.4) is 0 Å². The van der Waals surface area contributed by atoms with Crippen molar-refractivity contribution < 1.29 is 23.5 Å². The van der Waals surface area contributed by atoms with Gasteiger partial charge in [-0.15, -0.1) is 0 Å². The van der Waals surface area contributed by atoms with E-state index in [1.54, 1.807) is 47.4 Å². The van der Waals surface area contributed by atoms with Gasteiger partial charge >= 0.3 is 5.97 Å². The molecule has 1 amide bonds. The number of nitrogens with zero attached hydrogens (tertiary/aromatic N) is 2. The molecule has 0 radical (unpaired) electrons. The van der Waals surface area contributed by atoms with E-state index in [1.807, 2.05) is 19.0 Å². The van der Waals surface area contributed by atoms with Crippen LogP contribution in [0.1, 0.15) is 38.1 Å². The van der Waals surface area contributed by atoms with Crippen LogP contribution in [0.4, 0.5) is 0 Å². The Morgan fingerprint density at radius 2 is 1.81 bits per heavy atom. The fourth-order valence-corrected chi connectivity index (χ4v) is 3.93. The third kappa shape index (κ3) is 3.62. The quantitative estimate of drug-likeness (QED) is 0.549. The third-order valence-corrected chi connectivity index (χ3v) is 5.61. The van der Waals surface area contributed by atoms with Crippen molar-refractivity contribution in [1.29, 1.82) is 0 Å². The van der Waals surface area contributed by atoms with Crippen molar-refractivity contribution in [2.45, 2.75) is 6.04 Å². The molecule has 8 heteroatoms. The molecule has 0 aliphatic carbocycles. The van der Waals surface area contributed by atoms with Crippen molar-refractivity contribution in [3.05, 3.63) is 75.1 Å². The van der Waals surface area contributed by atoms with E-state index < -0.39 is 12.0 Å². The molecule has 2 aromatic carbocycles. The van der Waals surface area contributed by atoms with Gasteiger partial charge in [0.05, 0.1) is 36.8 Å². The molecule has 3 aromatic rings. The maximum absolute atomic E-state index is 13.5. The molecular weight excluding hydrogens is 412 g/mol. The van der Waals surface area contributed by atoms with Crippen LogP contribution in [0.15, 0.2) is 51.7 Å². The summed E-state index contributed by atoms with van der Waals surface area (Å²) in [6.07, 6.45) is 0. The van der Waals surface area contributed by atoms with Crippen molar-refractivity contribution in [3.63, 3.8) is 0 Å². The highest BCUT2D eigenvalue weighted by Gasteiger charge is 2.42. The van der Waals surface area contributed by atoms with Crippen LogP contribution in [-0.4, -0.2) is 63.1 Å². The topological polar surface area (TPSA) is 89.3 Å². The number of hydrogen-bond acceptors (Lipinski definition) is 7. The monoisotopic (exact) mass is 436 g/mol. The van der Waals surface area contributed by atoms with Crippen LogP contribution in [0.2, 0.25) is 0 Å². The van der Waals surface area contributed by atoms with Gasteiger partial charge in [-0.05, 0) is 43.9 Å². The summed E-state index contributed by atoms with van der Waals surface area (Å²) in [7, 11) is 6.67. The van der Waals surface area contributed by atoms with Gasteiger partial charge < -0.3 is 23.7 Å². The molecule has 1 aliphatic rings. The summed E-state index contributed by atoms with van der Waals surface area (Å²) < 4.78 is 15.9. The van der Waals surface area contributed by atoms with E-state index in [0.29, 0.717) is 46.5 Å². The van der Waals surface area contributed by atoms with Crippen molar-refractivity contribution in [3.8, 4) is 5.75 Å². The van der Waals surface area contributed by atoms with Crippen molar-refractivity contribution in [2.75, 3.05) is 41.4 Å². The summed E-state index contributed by atoms with van der Waals surface area (Å²) in [5, 5.41) is 0.378. The number of likely N-dealkylation sites (N-methyl/N-ethyl adjacent to an activating group) is 1. The van der Waals surface area contributed by atoms with E-state index in [-0.39, 0.29) is 17.1 Å². The number of amides is 1. The number of carbonyl (C=O) groups is 2. The highest BCUT2D eigenvalue weighted by Crippen LogP contribution is 2.38. The van der Waals surface area contributed by atoms with E-state index in [9.17, 15) is 14.4 Å². The third-order valence-electron chi connectivity index (χ3n) is 5.61. The highest BCUT2D eigenvalue weighted by atomic mass is 16.5. The van der Waals surface area contributed by atoms with Gasteiger partial charge in [0, 0.05) is 19.2 Å². The molecule has 32 heavy (non-hydrogen) atoms. The standard InChI is InChI=1S/C24H24N2O6/c1-25(2)11-12-26-20(14-5-7-15(8-6-14)24(29)31-4)19-21(27)17-10-9-16(30-3)13-18(17)32-22(19)23(26)28/h5-10,13,20H,11-12H2,1-4H3. The molecule has 0 spiro atoms. The van der Waals surface area contributed by atoms with Crippen LogP contribution in [0.5, 0.6) is 5.75 Å². The Bertz CT molecular complexity index is 1250. The zero-order valence-corrected chi connectivity index (χ0v) is 18.4. The SMILES string of the molecule is COC(=O)c1ccc(C2c3c(oc4cc(OC)ccc4c3=O)C(=O)N2CCN(C)C)cc1. The summed E-state index contributed by atoms with van der Waals surface area (Å²) in [4.78, 5) is 42.2. The van der Waals surface area contributed by atoms with Crippen LogP contribution < -0.4 is 10.2 Å². The van der Waals surface area contributed by atoms with Crippen LogP contribution >= 0.6 is 0 Å². The van der Waals surface area contributed by atoms with Gasteiger partial charge in [-0.25, -0.2) is 4.79 Å². The van der Waals surface area contributed by atoms with E-state index in [2.05, 4.69) is 0 Å². The van der Waals surface area contributed by atoms with Gasteiger partial charge in [-0.1, -0.05) is 12.1 Å². The minimum Gasteiger partial charge on any atom is -0.497 e. The Labute approximate surface area is 184 Å². The Kier molecular flexibility index (Phi) is 5.71. The minimum atomic E-state index is -0.619. The lowest BCUT2D eigenvalue weighted by atomic mass is 9.97. The average molecular weight is 436 g/mol. The number of ether oxygens (including phenoxy) is 2. The predicted octanol–water partition coefficient (Wildman–Crippen LogP) is 2.70. The molecule has 1 unspecified atom stereocenters. The van der Waals surface area contributed by atoms with E-state index in [1.165, 1.54) is 14.2 Å². The summed E-state index contributed by atoms with van der Waals surface area (Å²) in [6, 6.07) is 11.0. The fourth-order valence-electron chi connectivity index (χ4n) is 3.93. The number of benzene rings is 2. The normalized spacial score (nSPS) is 15.3. The largest absolute Gasteiger partial charge is 0.497 e. The molecule has 166 valence electrons. The van der Waals surface area contributed by atoms with Crippen molar-refractivity contribution >= 4 is 22.8 Å². The number of carbonyl (C=O) groups excluding carboxylic acids is 2. The predicted molar refractivity (Wildman–Crippen MR) is 118 cm³/mol. The molecule has 0 saturated carbocycles. The van der Waals surface area contributed by atoms with Crippen LogP contribution in [0, 0.1) is 0 Å². The zero-order valence-electron chi connectivity index (χ0n) is 18.4. The molecule has 1 aliphatic heterocycles. The second kappa shape index (κ2) is 8.47. The lowest BCUT2D eigenvalue weighted by Gasteiger charge is -2.26. The zero-order chi connectivity index (χ0) is 23.0. The smallest absolute Gasteiger partial charge is 0.337 e. The summed E-state index contributed by atoms with van der Waals surface area (Å²) in [6.45, 7) is 1.01. The molecule has 0 saturated heterocycles. The molecule has 8 nitrogen and oxygen atoms in total. The Balaban J connectivity index is 1.88. The summed E-state index contributed by atoms with van der Waals surface area (Å²) in [5.41, 5.74) is 1.45. The number of methoxy groups -OCH3 is 2. The van der Waals surface area contributed by atoms with Crippen LogP contribution in [0.25, 0.3) is 11.0 Å². The minimum absolute atomic E-state index is 0.0385. The Morgan fingerprint density at radius 3 is 2.44 bits per heavy atom. The molecule has 1 aromatic heterocycles. The first-order valence-electron chi connectivity index (χ1n) is 10.1. The first-order valence-corrected chi connectivity index (χ1v) is 10.1. The second-order valence-corrected chi connectivity index (χ2v) is 7.85. The van der Waals surface area contributed by atoms with Gasteiger partial charge in [0.25, 0.3) is 5.91 Å². The molecule has 0 fully saturated rings. The number of hydrogen-bond donors (Lipinski definition) is 0. The summed E-state index contributed by atoms with van der Waals surface area (Å²) >= 11 is 0. The maximum Gasteiger partial charge on any atom is 0.337 e. The summed E-state index contributed by atoms with van der Waals surface area (Å²) in [5.74, 6) is -0.226. The van der Waals surface area contributed by atoms with Gasteiger partial charge in [0.15, 0.2) is 5.43 Å². The highest BCUT2D eigenvalue weighted by molar-refractivity contribution is 5.99. The lowest BCUT2D eigenvalue weighted by Crippen LogP contribution is -2.35. The number of fused-ring (bicyclic) bond motifs is 2. The molecule has 1 atom stereocenters. The van der Waals surface area contributed by atoms with Crippen LogP contribution in [-0.2, 0) is 4.74 Å². The van der Waals surface area contributed by atoms with E-state index in [4.69, 9.17) is 13.9 Å². The molecule has 2 heterocycles. The number of esters is 1. The second-order valence-electron chi connectivity index (χ2n) is 7.85. The van der Waals surface area contributed by atoms with Crippen molar-refractivity contribution in [2.24, 2.45) is 0 Å². The average Bonchev–Trinajstić information content (AvgIpc) is 3.08. The molecule has 0 bridgehead atoms. The Hall–Kier alpha value is -3.65. The Morgan fingerprint density at radius 1 is 1.09 bits per heavy atom. The fraction of sp³-hybridized carbons (Fsp3) is 0.292. The van der Waals surface area contributed by atoms with Gasteiger partial charge in [-0.3, -0.25) is 9.59 Å². The maximum atomic E-state index is 13.5. The first kappa shape index (κ1) is 21.6.